The maximum Gasteiger partial charge on any atom is 0.253 e. The minimum absolute atomic E-state index is 0.119. The molecule has 1 aliphatic rings. The summed E-state index contributed by atoms with van der Waals surface area (Å²) >= 11 is 0. The van der Waals surface area contributed by atoms with Crippen molar-refractivity contribution in [2.75, 3.05) is 26.8 Å². The van der Waals surface area contributed by atoms with Gasteiger partial charge < -0.3 is 9.64 Å². The Morgan fingerprint density at radius 1 is 1.42 bits per heavy atom. The van der Waals surface area contributed by atoms with E-state index in [2.05, 4.69) is 0 Å². The van der Waals surface area contributed by atoms with Crippen LogP contribution in [-0.4, -0.2) is 37.6 Å². The Morgan fingerprint density at radius 3 is 2.84 bits per heavy atom. The molecule has 0 spiro atoms. The standard InChI is InChI=1S/C15H20FNO2/c1-17(8-5-12-6-9-19-10-7-12)15(18)13-3-2-4-14(16)11-13/h2-4,11-12H,5-10H2,1H3. The predicted molar refractivity (Wildman–Crippen MR) is 71.5 cm³/mol. The van der Waals surface area contributed by atoms with Crippen LogP contribution < -0.4 is 0 Å². The van der Waals surface area contributed by atoms with E-state index in [1.807, 2.05) is 0 Å². The Bertz CT molecular complexity index is 430. The summed E-state index contributed by atoms with van der Waals surface area (Å²) in [5.41, 5.74) is 0.412. The lowest BCUT2D eigenvalue weighted by atomic mass is 9.96. The van der Waals surface area contributed by atoms with Gasteiger partial charge in [0.05, 0.1) is 0 Å². The highest BCUT2D eigenvalue weighted by atomic mass is 19.1. The maximum atomic E-state index is 13.1. The molecule has 0 atom stereocenters. The largest absolute Gasteiger partial charge is 0.381 e. The molecule has 0 aromatic heterocycles. The van der Waals surface area contributed by atoms with Crippen LogP contribution >= 0.6 is 0 Å². The van der Waals surface area contributed by atoms with Crippen LogP contribution in [0.1, 0.15) is 29.6 Å². The number of nitrogens with zero attached hydrogens (tertiary/aromatic N) is 1. The van der Waals surface area contributed by atoms with E-state index in [1.165, 1.54) is 12.1 Å². The van der Waals surface area contributed by atoms with Crippen molar-refractivity contribution in [1.29, 1.82) is 0 Å². The molecule has 1 aliphatic heterocycles. The number of rotatable bonds is 4. The molecule has 4 heteroatoms. The van der Waals surface area contributed by atoms with E-state index in [9.17, 15) is 9.18 Å². The van der Waals surface area contributed by atoms with Crippen molar-refractivity contribution in [3.8, 4) is 0 Å². The molecule has 1 fully saturated rings. The first-order chi connectivity index (χ1) is 9.16. The topological polar surface area (TPSA) is 29.5 Å². The Kier molecular flexibility index (Phi) is 4.91. The van der Waals surface area contributed by atoms with Gasteiger partial charge in [0.15, 0.2) is 0 Å². The van der Waals surface area contributed by atoms with Crippen molar-refractivity contribution < 1.29 is 13.9 Å². The lowest BCUT2D eigenvalue weighted by molar-refractivity contribution is 0.0583. The van der Waals surface area contributed by atoms with Crippen LogP contribution in [0.15, 0.2) is 24.3 Å². The zero-order valence-electron chi connectivity index (χ0n) is 11.3. The Morgan fingerprint density at radius 2 is 2.16 bits per heavy atom. The van der Waals surface area contributed by atoms with E-state index in [-0.39, 0.29) is 11.7 Å². The van der Waals surface area contributed by atoms with Crippen LogP contribution in [0.4, 0.5) is 4.39 Å². The van der Waals surface area contributed by atoms with Crippen molar-refractivity contribution >= 4 is 5.91 Å². The number of amides is 1. The lowest BCUT2D eigenvalue weighted by Crippen LogP contribution is -2.30. The van der Waals surface area contributed by atoms with E-state index in [0.717, 1.165) is 32.5 Å². The van der Waals surface area contributed by atoms with Gasteiger partial charge in [0.1, 0.15) is 5.82 Å². The molecule has 1 aromatic carbocycles. The summed E-state index contributed by atoms with van der Waals surface area (Å²) in [6, 6.07) is 5.84. The molecule has 0 aliphatic carbocycles. The number of carbonyl (C=O) groups excluding carboxylic acids is 1. The van der Waals surface area contributed by atoms with Crippen LogP contribution in [0.5, 0.6) is 0 Å². The third kappa shape index (κ3) is 4.03. The van der Waals surface area contributed by atoms with E-state index in [0.29, 0.717) is 18.0 Å². The smallest absolute Gasteiger partial charge is 0.253 e. The van der Waals surface area contributed by atoms with Gasteiger partial charge in [0.25, 0.3) is 5.91 Å². The Hall–Kier alpha value is -1.42. The molecule has 2 rings (SSSR count). The maximum absolute atomic E-state index is 13.1. The normalized spacial score (nSPS) is 16.3. The molecule has 0 unspecified atom stereocenters. The van der Waals surface area contributed by atoms with Crippen LogP contribution in [0.2, 0.25) is 0 Å². The summed E-state index contributed by atoms with van der Waals surface area (Å²) in [5.74, 6) is 0.145. The Labute approximate surface area is 113 Å². The summed E-state index contributed by atoms with van der Waals surface area (Å²) in [5, 5.41) is 0. The highest BCUT2D eigenvalue weighted by Gasteiger charge is 2.17. The lowest BCUT2D eigenvalue weighted by Gasteiger charge is -2.25. The number of ether oxygens (including phenoxy) is 1. The van der Waals surface area contributed by atoms with Gasteiger partial charge in [-0.15, -0.1) is 0 Å². The molecule has 3 nitrogen and oxygen atoms in total. The average molecular weight is 265 g/mol. The van der Waals surface area contributed by atoms with Gasteiger partial charge in [0.2, 0.25) is 0 Å². The third-order valence-corrected chi connectivity index (χ3v) is 3.63. The number of carbonyl (C=O) groups is 1. The van der Waals surface area contributed by atoms with Crippen molar-refractivity contribution in [1.82, 2.24) is 4.90 Å². The van der Waals surface area contributed by atoms with Crippen molar-refractivity contribution in [2.24, 2.45) is 5.92 Å². The zero-order chi connectivity index (χ0) is 13.7. The van der Waals surface area contributed by atoms with E-state index in [1.54, 1.807) is 24.1 Å². The van der Waals surface area contributed by atoms with E-state index in [4.69, 9.17) is 4.74 Å². The number of halogens is 1. The highest BCUT2D eigenvalue weighted by Crippen LogP contribution is 2.19. The monoisotopic (exact) mass is 265 g/mol. The molecular formula is C15H20FNO2. The van der Waals surface area contributed by atoms with Crippen LogP contribution in [-0.2, 0) is 4.74 Å². The van der Waals surface area contributed by atoms with Crippen molar-refractivity contribution in [2.45, 2.75) is 19.3 Å². The molecule has 0 N–H and O–H groups in total. The molecule has 0 saturated carbocycles. The SMILES string of the molecule is CN(CCC1CCOCC1)C(=O)c1cccc(F)c1. The van der Waals surface area contributed by atoms with Gasteiger partial charge >= 0.3 is 0 Å². The van der Waals surface area contributed by atoms with Gasteiger partial charge in [-0.05, 0) is 43.4 Å². The summed E-state index contributed by atoms with van der Waals surface area (Å²) in [7, 11) is 1.77. The molecule has 1 heterocycles. The number of hydrogen-bond donors (Lipinski definition) is 0. The second kappa shape index (κ2) is 6.66. The minimum atomic E-state index is -0.372. The molecule has 104 valence electrons. The second-order valence-electron chi connectivity index (χ2n) is 5.08. The average Bonchev–Trinajstić information content (AvgIpc) is 2.45. The first-order valence-electron chi connectivity index (χ1n) is 6.75. The van der Waals surface area contributed by atoms with Crippen LogP contribution in [0.25, 0.3) is 0 Å². The van der Waals surface area contributed by atoms with Crippen LogP contribution in [0, 0.1) is 11.7 Å². The fourth-order valence-corrected chi connectivity index (χ4v) is 2.35. The zero-order valence-corrected chi connectivity index (χ0v) is 11.3. The molecule has 0 radical (unpaired) electrons. The molecule has 19 heavy (non-hydrogen) atoms. The summed E-state index contributed by atoms with van der Waals surface area (Å²) in [6.07, 6.45) is 3.13. The van der Waals surface area contributed by atoms with Gasteiger partial charge in [0, 0.05) is 32.4 Å². The fraction of sp³-hybridized carbons (Fsp3) is 0.533. The van der Waals surface area contributed by atoms with Crippen LogP contribution in [0.3, 0.4) is 0 Å². The highest BCUT2D eigenvalue weighted by molar-refractivity contribution is 5.94. The first kappa shape index (κ1) is 14.0. The van der Waals surface area contributed by atoms with E-state index >= 15 is 0 Å². The molecule has 1 amide bonds. The third-order valence-electron chi connectivity index (χ3n) is 3.63. The first-order valence-corrected chi connectivity index (χ1v) is 6.75. The summed E-state index contributed by atoms with van der Waals surface area (Å²) in [4.78, 5) is 13.8. The molecular weight excluding hydrogens is 245 g/mol. The molecule has 0 bridgehead atoms. The van der Waals surface area contributed by atoms with Gasteiger partial charge in [-0.1, -0.05) is 6.07 Å². The molecule has 1 saturated heterocycles. The van der Waals surface area contributed by atoms with Gasteiger partial charge in [-0.3, -0.25) is 4.79 Å². The minimum Gasteiger partial charge on any atom is -0.381 e. The number of benzene rings is 1. The van der Waals surface area contributed by atoms with E-state index < -0.39 is 0 Å². The summed E-state index contributed by atoms with van der Waals surface area (Å²) < 4.78 is 18.4. The summed E-state index contributed by atoms with van der Waals surface area (Å²) in [6.45, 7) is 2.36. The van der Waals surface area contributed by atoms with Crippen molar-refractivity contribution in [3.63, 3.8) is 0 Å². The molecule has 1 aromatic rings. The Balaban J connectivity index is 1.85. The van der Waals surface area contributed by atoms with Gasteiger partial charge in [-0.2, -0.15) is 0 Å². The second-order valence-corrected chi connectivity index (χ2v) is 5.08. The quantitative estimate of drug-likeness (QED) is 0.837. The predicted octanol–water partition coefficient (Wildman–Crippen LogP) is 2.71. The van der Waals surface area contributed by atoms with Gasteiger partial charge in [-0.25, -0.2) is 4.39 Å². The number of hydrogen-bond acceptors (Lipinski definition) is 2. The fourth-order valence-electron chi connectivity index (χ4n) is 2.35. The van der Waals surface area contributed by atoms with Crippen molar-refractivity contribution in [3.05, 3.63) is 35.6 Å².